The van der Waals surface area contributed by atoms with Gasteiger partial charge in [-0.05, 0) is 42.0 Å². The van der Waals surface area contributed by atoms with Crippen LogP contribution >= 0.6 is 23.2 Å². The molecule has 0 aliphatic carbocycles. The Hall–Kier alpha value is -2.44. The van der Waals surface area contributed by atoms with Crippen molar-refractivity contribution in [2.75, 3.05) is 0 Å². The summed E-state index contributed by atoms with van der Waals surface area (Å²) >= 11 is 12.5. The van der Waals surface area contributed by atoms with Crippen molar-refractivity contribution in [3.05, 3.63) is 113 Å². The van der Waals surface area contributed by atoms with E-state index in [-0.39, 0.29) is 6.10 Å². The number of rotatable bonds is 8. The van der Waals surface area contributed by atoms with Gasteiger partial charge in [-0.1, -0.05) is 59.6 Å². The fourth-order valence-electron chi connectivity index (χ4n) is 3.18. The summed E-state index contributed by atoms with van der Waals surface area (Å²) in [6.07, 6.45) is 5.07. The highest BCUT2D eigenvalue weighted by atomic mass is 35.5. The molecule has 0 radical (unpaired) electrons. The summed E-state index contributed by atoms with van der Waals surface area (Å²) in [6, 6.07) is 22.5. The summed E-state index contributed by atoms with van der Waals surface area (Å²) in [7, 11) is -1.21. The maximum absolute atomic E-state index is 12.7. The van der Waals surface area contributed by atoms with Crippen LogP contribution in [0.15, 0.2) is 101 Å². The van der Waals surface area contributed by atoms with Gasteiger partial charge in [-0.15, -0.1) is 0 Å². The molecule has 0 spiro atoms. The van der Waals surface area contributed by atoms with Gasteiger partial charge in [-0.3, -0.25) is 0 Å². The van der Waals surface area contributed by atoms with Gasteiger partial charge in [0, 0.05) is 37.8 Å². The fourth-order valence-corrected chi connectivity index (χ4v) is 4.77. The van der Waals surface area contributed by atoms with Crippen LogP contribution < -0.4 is 0 Å². The summed E-state index contributed by atoms with van der Waals surface area (Å²) in [5, 5.41) is 1.14. The minimum Gasteiger partial charge on any atom is -0.367 e. The minimum absolute atomic E-state index is 0.280. The van der Waals surface area contributed by atoms with Gasteiger partial charge >= 0.3 is 0 Å². The Kier molecular flexibility index (Phi) is 7.20. The van der Waals surface area contributed by atoms with Gasteiger partial charge in [-0.25, -0.2) is 9.19 Å². The van der Waals surface area contributed by atoms with E-state index < -0.39 is 10.8 Å². The highest BCUT2D eigenvalue weighted by molar-refractivity contribution is 7.85. The van der Waals surface area contributed by atoms with Gasteiger partial charge in [0.1, 0.15) is 6.10 Å². The van der Waals surface area contributed by atoms with Crippen LogP contribution in [0, 0.1) is 0 Å². The van der Waals surface area contributed by atoms with Crippen molar-refractivity contribution in [3.63, 3.8) is 0 Å². The zero-order chi connectivity index (χ0) is 21.6. The van der Waals surface area contributed by atoms with Crippen LogP contribution in [0.1, 0.15) is 17.2 Å². The standard InChI is InChI=1S/C24H20Cl2N2O2S/c25-19-8-11-22(23(26)14-19)24(15-28-13-12-27-17-28)30-16-18-6-9-21(10-7-18)31(29)20-4-2-1-3-5-20/h1-14,17,24H,15-16H2. The van der Waals surface area contributed by atoms with E-state index in [0.29, 0.717) is 23.2 Å². The Morgan fingerprint density at radius 3 is 2.39 bits per heavy atom. The van der Waals surface area contributed by atoms with Gasteiger partial charge in [-0.2, -0.15) is 0 Å². The van der Waals surface area contributed by atoms with Gasteiger partial charge < -0.3 is 9.30 Å². The molecular formula is C24H20Cl2N2O2S. The van der Waals surface area contributed by atoms with E-state index >= 15 is 0 Å². The number of aromatic nitrogens is 2. The highest BCUT2D eigenvalue weighted by Gasteiger charge is 2.17. The van der Waals surface area contributed by atoms with Gasteiger partial charge in [0.15, 0.2) is 0 Å². The predicted molar refractivity (Wildman–Crippen MR) is 124 cm³/mol. The zero-order valence-electron chi connectivity index (χ0n) is 16.5. The second-order valence-electron chi connectivity index (χ2n) is 6.95. The third kappa shape index (κ3) is 5.63. The van der Waals surface area contributed by atoms with Crippen LogP contribution in [0.5, 0.6) is 0 Å². The molecule has 158 valence electrons. The molecule has 0 amide bonds. The molecule has 0 aliphatic rings. The first-order chi connectivity index (χ1) is 15.1. The second kappa shape index (κ2) is 10.2. The van der Waals surface area contributed by atoms with Crippen molar-refractivity contribution in [2.45, 2.75) is 29.0 Å². The predicted octanol–water partition coefficient (Wildman–Crippen LogP) is 6.31. The number of hydrogen-bond donors (Lipinski definition) is 0. The number of hydrogen-bond acceptors (Lipinski definition) is 3. The lowest BCUT2D eigenvalue weighted by Crippen LogP contribution is -2.12. The van der Waals surface area contributed by atoms with E-state index in [2.05, 4.69) is 4.98 Å². The van der Waals surface area contributed by atoms with E-state index in [9.17, 15) is 4.21 Å². The average Bonchev–Trinajstić information content (AvgIpc) is 3.31. The van der Waals surface area contributed by atoms with E-state index in [4.69, 9.17) is 27.9 Å². The number of nitrogens with zero attached hydrogens (tertiary/aromatic N) is 2. The fraction of sp³-hybridized carbons (Fsp3) is 0.125. The monoisotopic (exact) mass is 470 g/mol. The topological polar surface area (TPSA) is 44.1 Å². The van der Waals surface area contributed by atoms with Gasteiger partial charge in [0.05, 0.1) is 30.3 Å². The van der Waals surface area contributed by atoms with E-state index in [1.807, 2.05) is 71.4 Å². The molecule has 1 aromatic heterocycles. The van der Waals surface area contributed by atoms with Crippen LogP contribution in [0.3, 0.4) is 0 Å². The zero-order valence-corrected chi connectivity index (χ0v) is 18.9. The lowest BCUT2D eigenvalue weighted by Gasteiger charge is -2.20. The highest BCUT2D eigenvalue weighted by Crippen LogP contribution is 2.30. The molecule has 0 bridgehead atoms. The minimum atomic E-state index is -1.21. The van der Waals surface area contributed by atoms with Gasteiger partial charge in [0.2, 0.25) is 0 Å². The van der Waals surface area contributed by atoms with Crippen molar-refractivity contribution in [1.29, 1.82) is 0 Å². The van der Waals surface area contributed by atoms with Gasteiger partial charge in [0.25, 0.3) is 0 Å². The molecule has 4 rings (SSSR count). The Morgan fingerprint density at radius 2 is 1.71 bits per heavy atom. The first-order valence-corrected chi connectivity index (χ1v) is 11.6. The normalized spacial score (nSPS) is 13.1. The number of imidazole rings is 1. The summed E-state index contributed by atoms with van der Waals surface area (Å²) < 4.78 is 20.9. The van der Waals surface area contributed by atoms with E-state index in [1.165, 1.54) is 0 Å². The molecule has 0 saturated carbocycles. The third-order valence-corrected chi connectivity index (χ3v) is 6.75. The third-order valence-electron chi connectivity index (χ3n) is 4.79. The number of halogens is 2. The molecule has 1 heterocycles. The van der Waals surface area contributed by atoms with Crippen molar-refractivity contribution in [2.24, 2.45) is 0 Å². The molecule has 0 N–H and O–H groups in total. The molecule has 0 fully saturated rings. The number of benzene rings is 3. The van der Waals surface area contributed by atoms with Crippen LogP contribution in [0.25, 0.3) is 0 Å². The van der Waals surface area contributed by atoms with Crippen molar-refractivity contribution in [1.82, 2.24) is 9.55 Å². The smallest absolute Gasteiger partial charge is 0.102 e. The lowest BCUT2D eigenvalue weighted by molar-refractivity contribution is 0.0280. The van der Waals surface area contributed by atoms with Crippen LogP contribution in [0.4, 0.5) is 0 Å². The SMILES string of the molecule is O=S(c1ccccc1)c1ccc(COC(Cn2ccnc2)c2ccc(Cl)cc2Cl)cc1. The Morgan fingerprint density at radius 1 is 0.968 bits per heavy atom. The van der Waals surface area contributed by atoms with Crippen LogP contribution in [-0.2, 0) is 28.7 Å². The molecule has 4 nitrogen and oxygen atoms in total. The quantitative estimate of drug-likeness (QED) is 0.302. The Labute approximate surface area is 193 Å². The van der Waals surface area contributed by atoms with Crippen molar-refractivity contribution in [3.8, 4) is 0 Å². The molecule has 31 heavy (non-hydrogen) atoms. The van der Waals surface area contributed by atoms with Crippen LogP contribution in [0.2, 0.25) is 10.0 Å². The van der Waals surface area contributed by atoms with Crippen molar-refractivity contribution >= 4 is 34.0 Å². The molecule has 2 unspecified atom stereocenters. The summed E-state index contributed by atoms with van der Waals surface area (Å²) in [6.45, 7) is 0.952. The maximum atomic E-state index is 12.7. The Bertz CT molecular complexity index is 1150. The average molecular weight is 471 g/mol. The summed E-state index contributed by atoms with van der Waals surface area (Å²) in [5.41, 5.74) is 1.84. The number of ether oxygens (including phenoxy) is 1. The second-order valence-corrected chi connectivity index (χ2v) is 9.27. The Balaban J connectivity index is 1.48. The van der Waals surface area contributed by atoms with E-state index in [0.717, 1.165) is 20.9 Å². The lowest BCUT2D eigenvalue weighted by atomic mass is 10.1. The van der Waals surface area contributed by atoms with Crippen LogP contribution in [-0.4, -0.2) is 13.8 Å². The summed E-state index contributed by atoms with van der Waals surface area (Å²) in [5.74, 6) is 0. The molecule has 0 saturated heterocycles. The molecule has 4 aromatic rings. The molecule has 7 heteroatoms. The largest absolute Gasteiger partial charge is 0.367 e. The molecule has 2 atom stereocenters. The maximum Gasteiger partial charge on any atom is 0.102 e. The van der Waals surface area contributed by atoms with E-state index in [1.54, 1.807) is 24.7 Å². The first kappa shape index (κ1) is 21.8. The summed E-state index contributed by atoms with van der Waals surface area (Å²) in [4.78, 5) is 5.64. The molecule has 0 aliphatic heterocycles. The molecule has 3 aromatic carbocycles. The van der Waals surface area contributed by atoms with Crippen molar-refractivity contribution < 1.29 is 8.95 Å². The first-order valence-electron chi connectivity index (χ1n) is 9.68. The molecular weight excluding hydrogens is 451 g/mol.